The first-order valence-electron chi connectivity index (χ1n) is 7.75. The van der Waals surface area contributed by atoms with Gasteiger partial charge in [0.05, 0.1) is 17.6 Å². The van der Waals surface area contributed by atoms with E-state index in [1.807, 2.05) is 13.0 Å². The molecule has 1 aromatic rings. The number of phenols is 1. The molecule has 4 heteroatoms. The van der Waals surface area contributed by atoms with Crippen LogP contribution in [-0.4, -0.2) is 10.9 Å². The van der Waals surface area contributed by atoms with Crippen LogP contribution < -0.4 is 5.32 Å². The molecule has 0 bridgehead atoms. The van der Waals surface area contributed by atoms with Gasteiger partial charge in [0.2, 0.25) is 0 Å². The van der Waals surface area contributed by atoms with E-state index in [4.69, 9.17) is 0 Å². The Bertz CT molecular complexity index is 794. The zero-order valence-corrected chi connectivity index (χ0v) is 13.6. The highest BCUT2D eigenvalue weighted by molar-refractivity contribution is 6.00. The van der Waals surface area contributed by atoms with Crippen LogP contribution in [0.3, 0.4) is 0 Å². The van der Waals surface area contributed by atoms with Crippen molar-refractivity contribution in [3.05, 3.63) is 52.4 Å². The topological polar surface area (TPSA) is 73.1 Å². The Morgan fingerprint density at radius 2 is 2.09 bits per heavy atom. The minimum Gasteiger partial charge on any atom is -0.508 e. The second-order valence-corrected chi connectivity index (χ2v) is 7.14. The number of Topliss-reactive ketones (excluding diaryl/α,β-unsaturated/α-hetero) is 1. The number of hydrogen-bond donors (Lipinski definition) is 2. The number of nitriles is 1. The lowest BCUT2D eigenvalue weighted by molar-refractivity contribution is -0.118. The minimum absolute atomic E-state index is 0.0809. The summed E-state index contributed by atoms with van der Waals surface area (Å²) in [5.41, 5.74) is 3.61. The molecule has 1 heterocycles. The molecule has 0 radical (unpaired) electrons. The van der Waals surface area contributed by atoms with Crippen LogP contribution in [-0.2, 0) is 4.79 Å². The van der Waals surface area contributed by atoms with Crippen molar-refractivity contribution >= 4 is 5.78 Å². The Kier molecular flexibility index (Phi) is 3.52. The molecule has 3 rings (SSSR count). The van der Waals surface area contributed by atoms with Crippen molar-refractivity contribution in [3.63, 3.8) is 0 Å². The van der Waals surface area contributed by atoms with Crippen LogP contribution in [0.4, 0.5) is 0 Å². The maximum absolute atomic E-state index is 12.8. The molecule has 0 fully saturated rings. The summed E-state index contributed by atoms with van der Waals surface area (Å²) in [6, 6.07) is 9.08. The van der Waals surface area contributed by atoms with E-state index in [9.17, 15) is 15.2 Å². The van der Waals surface area contributed by atoms with E-state index in [-0.39, 0.29) is 16.9 Å². The van der Waals surface area contributed by atoms with Crippen LogP contribution in [0.1, 0.15) is 45.1 Å². The lowest BCUT2D eigenvalue weighted by Gasteiger charge is -2.38. The highest BCUT2D eigenvalue weighted by Gasteiger charge is 2.41. The first kappa shape index (κ1) is 15.4. The van der Waals surface area contributed by atoms with Crippen molar-refractivity contribution in [2.45, 2.75) is 39.5 Å². The van der Waals surface area contributed by atoms with Crippen molar-refractivity contribution in [1.29, 1.82) is 5.26 Å². The lowest BCUT2D eigenvalue weighted by Crippen LogP contribution is -2.36. The number of rotatable bonds is 1. The first-order chi connectivity index (χ1) is 10.8. The van der Waals surface area contributed by atoms with Gasteiger partial charge in [0.25, 0.3) is 0 Å². The Labute approximate surface area is 136 Å². The maximum atomic E-state index is 12.8. The summed E-state index contributed by atoms with van der Waals surface area (Å²) < 4.78 is 0. The number of ketones is 1. The quantitative estimate of drug-likeness (QED) is 0.832. The van der Waals surface area contributed by atoms with Gasteiger partial charge < -0.3 is 10.4 Å². The number of nitrogens with one attached hydrogen (secondary N) is 1. The van der Waals surface area contributed by atoms with Gasteiger partial charge >= 0.3 is 0 Å². The molecular weight excluding hydrogens is 288 g/mol. The number of carbonyl (C=O) groups excluding carboxylic acids is 1. The lowest BCUT2D eigenvalue weighted by atomic mass is 9.69. The van der Waals surface area contributed by atoms with Crippen molar-refractivity contribution in [2.75, 3.05) is 0 Å². The third-order valence-electron chi connectivity index (χ3n) is 4.56. The van der Waals surface area contributed by atoms with E-state index in [1.54, 1.807) is 18.2 Å². The number of nitrogens with zero attached hydrogens (tertiary/aromatic N) is 1. The molecule has 1 atom stereocenters. The zero-order valence-electron chi connectivity index (χ0n) is 13.6. The molecule has 0 spiro atoms. The maximum Gasteiger partial charge on any atom is 0.162 e. The first-order valence-corrected chi connectivity index (χ1v) is 7.75. The molecule has 2 N–H and O–H groups in total. The Balaban J connectivity index is 2.19. The van der Waals surface area contributed by atoms with E-state index in [0.717, 1.165) is 23.4 Å². The van der Waals surface area contributed by atoms with E-state index in [2.05, 4.69) is 25.2 Å². The van der Waals surface area contributed by atoms with Crippen molar-refractivity contribution in [2.24, 2.45) is 5.41 Å². The highest BCUT2D eigenvalue weighted by Crippen LogP contribution is 2.46. The smallest absolute Gasteiger partial charge is 0.162 e. The van der Waals surface area contributed by atoms with Crippen LogP contribution in [0.2, 0.25) is 0 Å². The molecule has 2 aliphatic rings. The van der Waals surface area contributed by atoms with Gasteiger partial charge in [-0.3, -0.25) is 4.79 Å². The van der Waals surface area contributed by atoms with E-state index < -0.39 is 5.92 Å². The Morgan fingerprint density at radius 3 is 2.74 bits per heavy atom. The fourth-order valence-electron chi connectivity index (χ4n) is 3.62. The van der Waals surface area contributed by atoms with Crippen LogP contribution in [0.5, 0.6) is 5.75 Å². The van der Waals surface area contributed by atoms with Gasteiger partial charge in [-0.2, -0.15) is 5.26 Å². The third-order valence-corrected chi connectivity index (χ3v) is 4.56. The second-order valence-electron chi connectivity index (χ2n) is 7.14. The zero-order chi connectivity index (χ0) is 16.8. The van der Waals surface area contributed by atoms with Gasteiger partial charge in [-0.25, -0.2) is 0 Å². The second kappa shape index (κ2) is 5.27. The largest absolute Gasteiger partial charge is 0.508 e. The minimum atomic E-state index is -0.396. The average molecular weight is 308 g/mol. The van der Waals surface area contributed by atoms with Gasteiger partial charge in [-0.05, 0) is 36.5 Å². The molecule has 0 aromatic heterocycles. The SMILES string of the molecule is CC1=C(C#N)[C@H](c2cccc(O)c2)C2=C(CC(C)(C)CC2=O)N1. The monoisotopic (exact) mass is 308 g/mol. The molecule has 118 valence electrons. The summed E-state index contributed by atoms with van der Waals surface area (Å²) in [5.74, 6) is -0.175. The van der Waals surface area contributed by atoms with Crippen molar-refractivity contribution in [3.8, 4) is 11.8 Å². The molecule has 4 nitrogen and oxygen atoms in total. The predicted molar refractivity (Wildman–Crippen MR) is 87.3 cm³/mol. The summed E-state index contributed by atoms with van der Waals surface area (Å²) in [7, 11) is 0. The van der Waals surface area contributed by atoms with Gasteiger partial charge in [0, 0.05) is 23.4 Å². The van der Waals surface area contributed by atoms with Crippen LogP contribution >= 0.6 is 0 Å². The van der Waals surface area contributed by atoms with E-state index >= 15 is 0 Å². The number of dihydropyridines is 1. The summed E-state index contributed by atoms with van der Waals surface area (Å²) in [6.45, 7) is 6.03. The molecule has 23 heavy (non-hydrogen) atoms. The van der Waals surface area contributed by atoms with Crippen molar-refractivity contribution in [1.82, 2.24) is 5.32 Å². The number of benzene rings is 1. The molecule has 1 aliphatic heterocycles. The standard InChI is InChI=1S/C19H20N2O2/c1-11-14(10-20)17(12-5-4-6-13(22)7-12)18-15(21-11)8-19(2,3)9-16(18)23/h4-7,17,21-22H,8-9H2,1-3H3/t17-/m0/s1. The summed E-state index contributed by atoms with van der Waals surface area (Å²) in [6.07, 6.45) is 1.25. The number of phenolic OH excluding ortho intramolecular Hbond substituents is 1. The fraction of sp³-hybridized carbons (Fsp3) is 0.368. The number of hydrogen-bond acceptors (Lipinski definition) is 4. The molecule has 1 aliphatic carbocycles. The van der Waals surface area contributed by atoms with E-state index in [0.29, 0.717) is 17.6 Å². The number of aromatic hydroxyl groups is 1. The van der Waals surface area contributed by atoms with Crippen LogP contribution in [0.25, 0.3) is 0 Å². The predicted octanol–water partition coefficient (Wildman–Crippen LogP) is 3.52. The van der Waals surface area contributed by atoms with E-state index in [1.165, 1.54) is 0 Å². The Morgan fingerprint density at radius 1 is 1.35 bits per heavy atom. The van der Waals surface area contributed by atoms with Gasteiger partial charge in [0.15, 0.2) is 5.78 Å². The van der Waals surface area contributed by atoms with Gasteiger partial charge in [0.1, 0.15) is 5.75 Å². The molecular formula is C19H20N2O2. The van der Waals surface area contributed by atoms with Gasteiger partial charge in [-0.15, -0.1) is 0 Å². The summed E-state index contributed by atoms with van der Waals surface area (Å²) >= 11 is 0. The average Bonchev–Trinajstić information content (AvgIpc) is 2.44. The third kappa shape index (κ3) is 2.63. The summed E-state index contributed by atoms with van der Waals surface area (Å²) in [4.78, 5) is 12.8. The normalized spacial score (nSPS) is 23.2. The number of allylic oxidation sites excluding steroid dienone is 4. The Hall–Kier alpha value is -2.54. The van der Waals surface area contributed by atoms with Crippen LogP contribution in [0, 0.1) is 16.7 Å². The van der Waals surface area contributed by atoms with Crippen molar-refractivity contribution < 1.29 is 9.90 Å². The molecule has 0 amide bonds. The molecule has 0 unspecified atom stereocenters. The fourth-order valence-corrected chi connectivity index (χ4v) is 3.62. The number of carbonyl (C=O) groups is 1. The molecule has 1 aromatic carbocycles. The molecule has 0 saturated carbocycles. The van der Waals surface area contributed by atoms with Gasteiger partial charge in [-0.1, -0.05) is 26.0 Å². The molecule has 0 saturated heterocycles. The van der Waals surface area contributed by atoms with Crippen LogP contribution in [0.15, 0.2) is 46.8 Å². The highest BCUT2D eigenvalue weighted by atomic mass is 16.3. The summed E-state index contributed by atoms with van der Waals surface area (Å²) in [5, 5.41) is 22.7.